The summed E-state index contributed by atoms with van der Waals surface area (Å²) in [5, 5.41) is 11.9. The lowest BCUT2D eigenvalue weighted by Crippen LogP contribution is -2.31. The minimum absolute atomic E-state index is 0.230. The highest BCUT2D eigenvalue weighted by Gasteiger charge is 2.35. The number of anilines is 2. The molecule has 1 unspecified atom stereocenters. The molecule has 0 fully saturated rings. The number of benzene rings is 3. The van der Waals surface area contributed by atoms with Gasteiger partial charge in [-0.05, 0) is 89.3 Å². The number of hydrogen-bond donors (Lipinski definition) is 2. The number of fused-ring (bicyclic) bond motifs is 1. The maximum absolute atomic E-state index is 13.9. The number of rotatable bonds is 11. The number of carbonyl (C=O) groups excluding carboxylic acids is 1. The standard InChI is InChI=1S/C32H33Br2N5O3S/c1-5-6-13-43-32-37-31-35-20(3)27(30(40)36-24-12-7-9-19(2)14-24)28(39(31)38-32)22-16-25(34)29(26(17-22)41-4)42-18-21-10-8-11-23(33)15-21/h7-12,14-17,28H,5-6,13,18H2,1-4H3,(H,36,40)(H,35,37,38). The van der Waals surface area contributed by atoms with Gasteiger partial charge in [-0.15, -0.1) is 5.10 Å². The van der Waals surface area contributed by atoms with Crippen molar-refractivity contribution in [1.29, 1.82) is 0 Å². The molecule has 1 aliphatic rings. The van der Waals surface area contributed by atoms with E-state index in [1.54, 1.807) is 23.6 Å². The maximum atomic E-state index is 13.9. The minimum atomic E-state index is -0.571. The zero-order chi connectivity index (χ0) is 30.5. The molecular formula is C32H33Br2N5O3S. The van der Waals surface area contributed by atoms with Gasteiger partial charge in [-0.1, -0.05) is 65.3 Å². The van der Waals surface area contributed by atoms with E-state index in [1.807, 2.05) is 74.5 Å². The van der Waals surface area contributed by atoms with Crippen LogP contribution < -0.4 is 20.1 Å². The SMILES string of the molecule is CCCCSc1nc2n(n1)C(c1cc(Br)c(OCc3cccc(Br)c3)c(OC)c1)C(C(=O)Nc1cccc(C)c1)=C(C)N2. The Labute approximate surface area is 272 Å². The van der Waals surface area contributed by atoms with Gasteiger partial charge in [0.15, 0.2) is 11.5 Å². The first-order valence-corrected chi connectivity index (χ1v) is 16.5. The molecule has 3 aromatic carbocycles. The summed E-state index contributed by atoms with van der Waals surface area (Å²) >= 11 is 8.85. The van der Waals surface area contributed by atoms with E-state index < -0.39 is 6.04 Å². The predicted octanol–water partition coefficient (Wildman–Crippen LogP) is 8.52. The Morgan fingerprint density at radius 3 is 2.67 bits per heavy atom. The van der Waals surface area contributed by atoms with E-state index in [4.69, 9.17) is 19.6 Å². The summed E-state index contributed by atoms with van der Waals surface area (Å²) < 4.78 is 15.5. The molecular weight excluding hydrogens is 694 g/mol. The molecule has 0 spiro atoms. The van der Waals surface area contributed by atoms with Crippen molar-refractivity contribution in [3.63, 3.8) is 0 Å². The van der Waals surface area contributed by atoms with Gasteiger partial charge in [0, 0.05) is 21.6 Å². The summed E-state index contributed by atoms with van der Waals surface area (Å²) in [6.07, 6.45) is 2.16. The number of allylic oxidation sites excluding steroid dienone is 1. The summed E-state index contributed by atoms with van der Waals surface area (Å²) in [6.45, 7) is 6.40. The quantitative estimate of drug-likeness (QED) is 0.118. The molecule has 11 heteroatoms. The molecule has 8 nitrogen and oxygen atoms in total. The van der Waals surface area contributed by atoms with E-state index in [0.29, 0.717) is 45.0 Å². The van der Waals surface area contributed by atoms with E-state index in [0.717, 1.165) is 45.4 Å². The fourth-order valence-corrected chi connectivity index (χ4v) is 6.78. The Kier molecular flexibility index (Phi) is 10.1. The van der Waals surface area contributed by atoms with Crippen molar-refractivity contribution in [1.82, 2.24) is 14.8 Å². The number of ether oxygens (including phenoxy) is 2. The average molecular weight is 728 g/mol. The largest absolute Gasteiger partial charge is 0.493 e. The number of aromatic nitrogens is 3. The van der Waals surface area contributed by atoms with Crippen molar-refractivity contribution in [3.8, 4) is 11.5 Å². The van der Waals surface area contributed by atoms with Crippen LogP contribution in [0.5, 0.6) is 11.5 Å². The van der Waals surface area contributed by atoms with Gasteiger partial charge < -0.3 is 20.1 Å². The Bertz CT molecular complexity index is 1670. The van der Waals surface area contributed by atoms with Crippen molar-refractivity contribution < 1.29 is 14.3 Å². The monoisotopic (exact) mass is 725 g/mol. The molecule has 224 valence electrons. The van der Waals surface area contributed by atoms with Gasteiger partial charge in [0.05, 0.1) is 17.2 Å². The third-order valence-corrected chi connectivity index (χ3v) is 8.93. The van der Waals surface area contributed by atoms with E-state index in [9.17, 15) is 4.79 Å². The molecule has 4 aromatic rings. The minimum Gasteiger partial charge on any atom is -0.493 e. The summed E-state index contributed by atoms with van der Waals surface area (Å²) in [4.78, 5) is 18.7. The van der Waals surface area contributed by atoms with Gasteiger partial charge in [0.25, 0.3) is 5.91 Å². The number of thioether (sulfide) groups is 1. The van der Waals surface area contributed by atoms with E-state index in [-0.39, 0.29) is 5.91 Å². The smallest absolute Gasteiger partial charge is 0.255 e. The molecule has 1 aliphatic heterocycles. The summed E-state index contributed by atoms with van der Waals surface area (Å²) in [7, 11) is 1.61. The van der Waals surface area contributed by atoms with Crippen LogP contribution in [0.2, 0.25) is 0 Å². The number of carbonyl (C=O) groups is 1. The van der Waals surface area contributed by atoms with Crippen LogP contribution in [0.15, 0.2) is 86.0 Å². The highest BCUT2D eigenvalue weighted by molar-refractivity contribution is 9.10. The van der Waals surface area contributed by atoms with Crippen molar-refractivity contribution in [2.75, 3.05) is 23.5 Å². The number of halogens is 2. The number of amides is 1. The number of methoxy groups -OCH3 is 1. The Balaban J connectivity index is 1.54. The second kappa shape index (κ2) is 14.0. The van der Waals surface area contributed by atoms with Gasteiger partial charge in [-0.2, -0.15) is 4.98 Å². The van der Waals surface area contributed by atoms with Gasteiger partial charge in [-0.3, -0.25) is 4.79 Å². The number of hydrogen-bond acceptors (Lipinski definition) is 7. The number of unbranched alkanes of at least 4 members (excludes halogenated alkanes) is 1. The lowest BCUT2D eigenvalue weighted by atomic mass is 9.94. The molecule has 0 radical (unpaired) electrons. The summed E-state index contributed by atoms with van der Waals surface area (Å²) in [5.41, 5.74) is 4.82. The first kappa shape index (κ1) is 31.2. The topological polar surface area (TPSA) is 90.3 Å². The van der Waals surface area contributed by atoms with Gasteiger partial charge in [0.2, 0.25) is 11.1 Å². The highest BCUT2D eigenvalue weighted by Crippen LogP contribution is 2.43. The molecule has 0 saturated heterocycles. The van der Waals surface area contributed by atoms with Crippen molar-refractivity contribution >= 4 is 61.2 Å². The normalized spacial score (nSPS) is 14.2. The zero-order valence-corrected chi connectivity index (χ0v) is 28.4. The average Bonchev–Trinajstić information content (AvgIpc) is 3.37. The van der Waals surface area contributed by atoms with Crippen LogP contribution in [0.25, 0.3) is 0 Å². The van der Waals surface area contributed by atoms with Gasteiger partial charge in [-0.25, -0.2) is 4.68 Å². The second-order valence-corrected chi connectivity index (χ2v) is 13.0. The molecule has 1 aromatic heterocycles. The third kappa shape index (κ3) is 7.27. The zero-order valence-electron chi connectivity index (χ0n) is 24.4. The van der Waals surface area contributed by atoms with Crippen LogP contribution >= 0.6 is 43.6 Å². The van der Waals surface area contributed by atoms with E-state index in [1.165, 1.54) is 0 Å². The predicted molar refractivity (Wildman–Crippen MR) is 179 cm³/mol. The molecule has 43 heavy (non-hydrogen) atoms. The van der Waals surface area contributed by atoms with Gasteiger partial charge in [0.1, 0.15) is 12.6 Å². The first-order chi connectivity index (χ1) is 20.8. The molecule has 5 rings (SSSR count). The van der Waals surface area contributed by atoms with Gasteiger partial charge >= 0.3 is 0 Å². The van der Waals surface area contributed by atoms with Crippen molar-refractivity contribution in [2.24, 2.45) is 0 Å². The lowest BCUT2D eigenvalue weighted by molar-refractivity contribution is -0.113. The van der Waals surface area contributed by atoms with Crippen LogP contribution in [0.1, 0.15) is 49.4 Å². The third-order valence-electron chi connectivity index (χ3n) is 6.92. The van der Waals surface area contributed by atoms with Crippen LogP contribution in [-0.4, -0.2) is 33.5 Å². The number of nitrogens with zero attached hydrogens (tertiary/aromatic N) is 3. The Morgan fingerprint density at radius 2 is 1.93 bits per heavy atom. The fourth-order valence-electron chi connectivity index (χ4n) is 4.84. The Morgan fingerprint density at radius 1 is 1.12 bits per heavy atom. The molecule has 0 bridgehead atoms. The lowest BCUT2D eigenvalue weighted by Gasteiger charge is -2.29. The number of aryl methyl sites for hydroxylation is 1. The van der Waals surface area contributed by atoms with Crippen LogP contribution in [0.3, 0.4) is 0 Å². The molecule has 1 amide bonds. The van der Waals surface area contributed by atoms with E-state index in [2.05, 4.69) is 49.4 Å². The molecule has 1 atom stereocenters. The van der Waals surface area contributed by atoms with Crippen molar-refractivity contribution in [2.45, 2.75) is 51.4 Å². The molecule has 0 saturated carbocycles. The Hall–Kier alpha value is -3.28. The molecule has 2 N–H and O–H groups in total. The summed E-state index contributed by atoms with van der Waals surface area (Å²) in [5.74, 6) is 2.38. The van der Waals surface area contributed by atoms with Crippen LogP contribution in [0.4, 0.5) is 11.6 Å². The van der Waals surface area contributed by atoms with E-state index >= 15 is 0 Å². The summed E-state index contributed by atoms with van der Waals surface area (Å²) in [6, 6.07) is 19.0. The first-order valence-electron chi connectivity index (χ1n) is 14.0. The highest BCUT2D eigenvalue weighted by atomic mass is 79.9. The second-order valence-electron chi connectivity index (χ2n) is 10.2. The fraction of sp³-hybridized carbons (Fsp3) is 0.281. The maximum Gasteiger partial charge on any atom is 0.255 e. The van der Waals surface area contributed by atoms with Crippen LogP contribution in [0, 0.1) is 6.92 Å². The molecule has 0 aliphatic carbocycles. The van der Waals surface area contributed by atoms with Crippen LogP contribution in [-0.2, 0) is 11.4 Å². The van der Waals surface area contributed by atoms with Crippen molar-refractivity contribution in [3.05, 3.63) is 97.6 Å². The molecule has 2 heterocycles. The number of nitrogens with one attached hydrogen (secondary N) is 2.